The molecule has 2 aromatic rings. The average molecular weight is 292 g/mol. The lowest BCUT2D eigenvalue weighted by atomic mass is 10.4. The Morgan fingerprint density at radius 3 is 2.86 bits per heavy atom. The summed E-state index contributed by atoms with van der Waals surface area (Å²) in [7, 11) is 3.36. The molecule has 0 aliphatic rings. The number of hydrogen-bond acceptors (Lipinski definition) is 9. The maximum atomic E-state index is 11.3. The summed E-state index contributed by atoms with van der Waals surface area (Å²) in [6.45, 7) is 0.449. The molecular weight excluding hydrogens is 276 g/mol. The van der Waals surface area contributed by atoms with Crippen molar-refractivity contribution in [2.75, 3.05) is 31.0 Å². The molecular formula is C10H16N10O. The fourth-order valence-electron chi connectivity index (χ4n) is 1.50. The second-order valence-corrected chi connectivity index (χ2v) is 4.09. The van der Waals surface area contributed by atoms with Crippen LogP contribution in [0.3, 0.4) is 0 Å². The standard InChI is InChI=1S/C10H16N10O/c1-12-7(21)3-4-19(2)9-15-8(18-11)16-10(17-9)20-6-13-5-14-20/h5-6H,3-4,11H2,1-2H3,(H,12,21)(H,15,16,17,18). The molecule has 0 spiro atoms. The number of nitrogens with two attached hydrogens (primary N) is 1. The SMILES string of the molecule is CNC(=O)CCN(C)c1nc(NN)nc(-n2cncn2)n1. The molecule has 11 nitrogen and oxygen atoms in total. The van der Waals surface area contributed by atoms with E-state index in [2.05, 4.69) is 35.8 Å². The second-order valence-electron chi connectivity index (χ2n) is 4.09. The number of aromatic nitrogens is 6. The van der Waals surface area contributed by atoms with Gasteiger partial charge in [-0.2, -0.15) is 24.7 Å². The normalized spacial score (nSPS) is 10.2. The lowest BCUT2D eigenvalue weighted by molar-refractivity contribution is -0.120. The molecule has 0 fully saturated rings. The van der Waals surface area contributed by atoms with Crippen LogP contribution in [-0.2, 0) is 4.79 Å². The first kappa shape index (κ1) is 14.6. The van der Waals surface area contributed by atoms with Gasteiger partial charge >= 0.3 is 0 Å². The summed E-state index contributed by atoms with van der Waals surface area (Å²) in [5.74, 6) is 6.12. The molecule has 4 N–H and O–H groups in total. The summed E-state index contributed by atoms with van der Waals surface area (Å²) >= 11 is 0. The number of rotatable bonds is 6. The summed E-state index contributed by atoms with van der Waals surface area (Å²) in [4.78, 5) is 29.3. The summed E-state index contributed by atoms with van der Waals surface area (Å²) in [5.41, 5.74) is 2.37. The molecule has 1 amide bonds. The van der Waals surface area contributed by atoms with Crippen LogP contribution in [0.5, 0.6) is 0 Å². The first-order valence-electron chi connectivity index (χ1n) is 6.13. The number of hydrogen-bond donors (Lipinski definition) is 3. The van der Waals surface area contributed by atoms with Crippen molar-refractivity contribution in [2.24, 2.45) is 5.84 Å². The van der Waals surface area contributed by atoms with Crippen LogP contribution >= 0.6 is 0 Å². The van der Waals surface area contributed by atoms with Gasteiger partial charge in [-0.05, 0) is 0 Å². The van der Waals surface area contributed by atoms with Gasteiger partial charge in [0.05, 0.1) is 0 Å². The quantitative estimate of drug-likeness (QED) is 0.420. The Balaban J connectivity index is 2.22. The smallest absolute Gasteiger partial charge is 0.258 e. The van der Waals surface area contributed by atoms with Crippen LogP contribution in [0.4, 0.5) is 11.9 Å². The second kappa shape index (κ2) is 6.56. The van der Waals surface area contributed by atoms with Crippen LogP contribution in [0.25, 0.3) is 5.95 Å². The maximum absolute atomic E-state index is 11.3. The van der Waals surface area contributed by atoms with Gasteiger partial charge in [-0.15, -0.1) is 0 Å². The van der Waals surface area contributed by atoms with Crippen LogP contribution < -0.4 is 21.5 Å². The van der Waals surface area contributed by atoms with Crippen molar-refractivity contribution in [3.8, 4) is 5.95 Å². The number of hydrazine groups is 1. The minimum Gasteiger partial charge on any atom is -0.359 e. The first-order valence-corrected chi connectivity index (χ1v) is 6.13. The van der Waals surface area contributed by atoms with E-state index in [4.69, 9.17) is 5.84 Å². The maximum Gasteiger partial charge on any atom is 0.258 e. The van der Waals surface area contributed by atoms with Gasteiger partial charge in [0.25, 0.3) is 5.95 Å². The van der Waals surface area contributed by atoms with Crippen molar-refractivity contribution in [1.82, 2.24) is 35.0 Å². The summed E-state index contributed by atoms with van der Waals surface area (Å²) in [6, 6.07) is 0. The lowest BCUT2D eigenvalue weighted by Gasteiger charge is -2.17. The van der Waals surface area contributed by atoms with Crippen molar-refractivity contribution < 1.29 is 4.79 Å². The zero-order valence-electron chi connectivity index (χ0n) is 11.7. The van der Waals surface area contributed by atoms with Gasteiger partial charge in [0.15, 0.2) is 0 Å². The first-order chi connectivity index (χ1) is 10.1. The lowest BCUT2D eigenvalue weighted by Crippen LogP contribution is -2.28. The Bertz CT molecular complexity index is 598. The summed E-state index contributed by atoms with van der Waals surface area (Å²) in [6.07, 6.45) is 3.15. The number of nitrogen functional groups attached to an aromatic ring is 1. The summed E-state index contributed by atoms with van der Waals surface area (Å²) < 4.78 is 1.39. The average Bonchev–Trinajstić information content (AvgIpc) is 3.06. The molecule has 2 heterocycles. The fourth-order valence-corrected chi connectivity index (χ4v) is 1.50. The zero-order chi connectivity index (χ0) is 15.2. The molecule has 0 saturated carbocycles. The number of amides is 1. The highest BCUT2D eigenvalue weighted by molar-refractivity contribution is 5.76. The van der Waals surface area contributed by atoms with Crippen molar-refractivity contribution in [2.45, 2.75) is 6.42 Å². The Kier molecular flexibility index (Phi) is 4.56. The molecule has 112 valence electrons. The summed E-state index contributed by atoms with van der Waals surface area (Å²) in [5, 5.41) is 6.51. The number of carbonyl (C=O) groups is 1. The van der Waals surface area contributed by atoms with Crippen molar-refractivity contribution in [1.29, 1.82) is 0 Å². The van der Waals surface area contributed by atoms with E-state index in [9.17, 15) is 4.79 Å². The van der Waals surface area contributed by atoms with E-state index in [1.807, 2.05) is 0 Å². The Labute approximate surface area is 120 Å². The molecule has 0 saturated heterocycles. The third-order valence-corrected chi connectivity index (χ3v) is 2.66. The van der Waals surface area contributed by atoms with Crippen LogP contribution in [-0.4, -0.2) is 56.3 Å². The van der Waals surface area contributed by atoms with Crippen LogP contribution in [0.2, 0.25) is 0 Å². The monoisotopic (exact) mass is 292 g/mol. The zero-order valence-corrected chi connectivity index (χ0v) is 11.7. The highest BCUT2D eigenvalue weighted by Gasteiger charge is 2.12. The van der Waals surface area contributed by atoms with E-state index >= 15 is 0 Å². The van der Waals surface area contributed by atoms with Crippen molar-refractivity contribution in [3.05, 3.63) is 12.7 Å². The van der Waals surface area contributed by atoms with Gasteiger partial charge < -0.3 is 10.2 Å². The molecule has 0 aromatic carbocycles. The Morgan fingerprint density at radius 1 is 1.43 bits per heavy atom. The van der Waals surface area contributed by atoms with E-state index in [1.165, 1.54) is 17.3 Å². The molecule has 0 unspecified atom stereocenters. The van der Waals surface area contributed by atoms with Gasteiger partial charge in [0, 0.05) is 27.1 Å². The van der Waals surface area contributed by atoms with Gasteiger partial charge in [-0.25, -0.2) is 10.8 Å². The minimum atomic E-state index is -0.0652. The van der Waals surface area contributed by atoms with E-state index in [-0.39, 0.29) is 17.8 Å². The predicted octanol–water partition coefficient (Wildman–Crippen LogP) is -1.69. The van der Waals surface area contributed by atoms with Crippen molar-refractivity contribution in [3.63, 3.8) is 0 Å². The topological polar surface area (TPSA) is 140 Å². The molecule has 2 rings (SSSR count). The molecule has 0 radical (unpaired) electrons. The molecule has 0 atom stereocenters. The molecule has 0 bridgehead atoms. The van der Waals surface area contributed by atoms with Gasteiger partial charge in [-0.1, -0.05) is 0 Å². The number of nitrogens with one attached hydrogen (secondary N) is 2. The van der Waals surface area contributed by atoms with Gasteiger partial charge in [0.2, 0.25) is 17.8 Å². The Hall–Kier alpha value is -2.82. The van der Waals surface area contributed by atoms with Crippen molar-refractivity contribution >= 4 is 17.8 Å². The largest absolute Gasteiger partial charge is 0.359 e. The van der Waals surface area contributed by atoms with E-state index in [0.717, 1.165) is 0 Å². The predicted molar refractivity (Wildman–Crippen MR) is 74.5 cm³/mol. The Morgan fingerprint density at radius 2 is 2.24 bits per heavy atom. The fraction of sp³-hybridized carbons (Fsp3) is 0.400. The molecule has 0 aliphatic carbocycles. The third-order valence-electron chi connectivity index (χ3n) is 2.66. The minimum absolute atomic E-state index is 0.0652. The van der Waals surface area contributed by atoms with E-state index in [1.54, 1.807) is 19.0 Å². The number of nitrogens with zero attached hydrogens (tertiary/aromatic N) is 7. The van der Waals surface area contributed by atoms with Gasteiger partial charge in [-0.3, -0.25) is 10.2 Å². The number of anilines is 2. The van der Waals surface area contributed by atoms with Crippen LogP contribution in [0, 0.1) is 0 Å². The number of carbonyl (C=O) groups excluding carboxylic acids is 1. The van der Waals surface area contributed by atoms with Crippen LogP contribution in [0.15, 0.2) is 12.7 Å². The van der Waals surface area contributed by atoms with Gasteiger partial charge in [0.1, 0.15) is 12.7 Å². The van der Waals surface area contributed by atoms with Crippen LogP contribution in [0.1, 0.15) is 6.42 Å². The third kappa shape index (κ3) is 3.60. The molecule has 11 heteroatoms. The van der Waals surface area contributed by atoms with E-state index < -0.39 is 0 Å². The molecule has 2 aromatic heterocycles. The highest BCUT2D eigenvalue weighted by Crippen LogP contribution is 2.11. The highest BCUT2D eigenvalue weighted by atomic mass is 16.1. The molecule has 21 heavy (non-hydrogen) atoms. The van der Waals surface area contributed by atoms with E-state index in [0.29, 0.717) is 18.9 Å². The molecule has 0 aliphatic heterocycles.